The molecule has 1 aromatic carbocycles. The largest absolute Gasteiger partial charge is 0.462 e. The van der Waals surface area contributed by atoms with Crippen molar-refractivity contribution in [1.29, 1.82) is 0 Å². The van der Waals surface area contributed by atoms with Gasteiger partial charge in [0, 0.05) is 10.6 Å². The van der Waals surface area contributed by atoms with E-state index in [2.05, 4.69) is 14.9 Å². The van der Waals surface area contributed by atoms with Crippen molar-refractivity contribution in [2.45, 2.75) is 6.92 Å². The number of rotatable bonds is 2. The van der Waals surface area contributed by atoms with Gasteiger partial charge in [-0.15, -0.1) is 10.2 Å². The molecule has 1 heterocycles. The van der Waals surface area contributed by atoms with Crippen LogP contribution >= 0.6 is 11.6 Å². The molecule has 0 aliphatic heterocycles. The maximum atomic E-state index is 11.2. The molecule has 0 aliphatic carbocycles. The Hall–Kier alpha value is -1.88. The Morgan fingerprint density at radius 2 is 2.18 bits per heavy atom. The maximum absolute atomic E-state index is 11.2. The zero-order valence-corrected chi connectivity index (χ0v) is 9.99. The van der Waals surface area contributed by atoms with Crippen molar-refractivity contribution >= 4 is 17.6 Å². The molecular formula is C11H9ClN2O3. The highest BCUT2D eigenvalue weighted by molar-refractivity contribution is 6.30. The minimum atomic E-state index is -0.663. The quantitative estimate of drug-likeness (QED) is 0.768. The van der Waals surface area contributed by atoms with Crippen LogP contribution in [0.4, 0.5) is 0 Å². The van der Waals surface area contributed by atoms with Crippen LogP contribution in [0.25, 0.3) is 11.5 Å². The van der Waals surface area contributed by atoms with Crippen LogP contribution in [0.2, 0.25) is 5.02 Å². The van der Waals surface area contributed by atoms with E-state index in [1.807, 2.05) is 13.0 Å². The number of methoxy groups -OCH3 is 1. The van der Waals surface area contributed by atoms with E-state index >= 15 is 0 Å². The molecule has 0 spiro atoms. The van der Waals surface area contributed by atoms with Crippen LogP contribution in [0.5, 0.6) is 0 Å². The van der Waals surface area contributed by atoms with E-state index in [0.717, 1.165) is 5.56 Å². The number of carbonyl (C=O) groups is 1. The maximum Gasteiger partial charge on any atom is 0.396 e. The molecule has 0 amide bonds. The van der Waals surface area contributed by atoms with E-state index in [1.54, 1.807) is 12.1 Å². The van der Waals surface area contributed by atoms with Crippen molar-refractivity contribution in [3.63, 3.8) is 0 Å². The van der Waals surface area contributed by atoms with Gasteiger partial charge in [0.25, 0.3) is 0 Å². The lowest BCUT2D eigenvalue weighted by Crippen LogP contribution is -2.00. The summed E-state index contributed by atoms with van der Waals surface area (Å²) in [6.45, 7) is 1.88. The van der Waals surface area contributed by atoms with Crippen LogP contribution < -0.4 is 0 Å². The number of esters is 1. The molecule has 1 aromatic heterocycles. The fourth-order valence-corrected chi connectivity index (χ4v) is 1.50. The molecule has 5 nitrogen and oxygen atoms in total. The average molecular weight is 253 g/mol. The molecular weight excluding hydrogens is 244 g/mol. The third-order valence-electron chi connectivity index (χ3n) is 2.22. The first-order valence-electron chi connectivity index (χ1n) is 4.80. The molecule has 2 rings (SSSR count). The smallest absolute Gasteiger partial charge is 0.396 e. The van der Waals surface area contributed by atoms with Gasteiger partial charge in [0.15, 0.2) is 0 Å². The number of hydrogen-bond donors (Lipinski definition) is 0. The summed E-state index contributed by atoms with van der Waals surface area (Å²) in [4.78, 5) is 11.2. The van der Waals surface area contributed by atoms with E-state index in [4.69, 9.17) is 16.0 Å². The van der Waals surface area contributed by atoms with Crippen molar-refractivity contribution in [3.8, 4) is 11.5 Å². The number of carbonyl (C=O) groups excluding carboxylic acids is 1. The molecule has 0 unspecified atom stereocenters. The number of halogens is 1. The van der Waals surface area contributed by atoms with E-state index in [1.165, 1.54) is 7.11 Å². The standard InChI is InChI=1S/C11H9ClN2O3/c1-6-3-4-7(12)5-8(6)9-13-14-10(17-9)11(15)16-2/h3-5H,1-2H3. The summed E-state index contributed by atoms with van der Waals surface area (Å²) in [6, 6.07) is 5.29. The fraction of sp³-hybridized carbons (Fsp3) is 0.182. The van der Waals surface area contributed by atoms with Gasteiger partial charge in [0.05, 0.1) is 7.11 Å². The molecule has 6 heteroatoms. The number of aromatic nitrogens is 2. The van der Waals surface area contributed by atoms with E-state index in [-0.39, 0.29) is 11.8 Å². The highest BCUT2D eigenvalue weighted by Crippen LogP contribution is 2.25. The van der Waals surface area contributed by atoms with Gasteiger partial charge in [-0.2, -0.15) is 0 Å². The number of aryl methyl sites for hydroxylation is 1. The van der Waals surface area contributed by atoms with E-state index in [0.29, 0.717) is 10.6 Å². The number of ether oxygens (including phenoxy) is 1. The van der Waals surface area contributed by atoms with E-state index < -0.39 is 5.97 Å². The molecule has 0 saturated heterocycles. The topological polar surface area (TPSA) is 65.2 Å². The van der Waals surface area contributed by atoms with Crippen molar-refractivity contribution in [2.24, 2.45) is 0 Å². The normalized spacial score (nSPS) is 10.3. The lowest BCUT2D eigenvalue weighted by Gasteiger charge is -2.00. The average Bonchev–Trinajstić information content (AvgIpc) is 2.80. The highest BCUT2D eigenvalue weighted by atomic mass is 35.5. The van der Waals surface area contributed by atoms with Crippen LogP contribution in [0.15, 0.2) is 22.6 Å². The summed E-state index contributed by atoms with van der Waals surface area (Å²) < 4.78 is 9.68. The summed E-state index contributed by atoms with van der Waals surface area (Å²) >= 11 is 5.88. The zero-order chi connectivity index (χ0) is 12.4. The molecule has 0 fully saturated rings. The van der Waals surface area contributed by atoms with Crippen LogP contribution in [-0.4, -0.2) is 23.3 Å². The SMILES string of the molecule is COC(=O)c1nnc(-c2cc(Cl)ccc2C)o1. The Morgan fingerprint density at radius 1 is 1.41 bits per heavy atom. The molecule has 88 valence electrons. The van der Waals surface area contributed by atoms with Gasteiger partial charge >= 0.3 is 11.9 Å². The minimum absolute atomic E-state index is 0.179. The Labute approximate surface area is 102 Å². The van der Waals surface area contributed by atoms with Crippen molar-refractivity contribution in [1.82, 2.24) is 10.2 Å². The highest BCUT2D eigenvalue weighted by Gasteiger charge is 2.17. The third kappa shape index (κ3) is 2.29. The monoisotopic (exact) mass is 252 g/mol. The molecule has 17 heavy (non-hydrogen) atoms. The summed E-state index contributed by atoms with van der Waals surface area (Å²) in [7, 11) is 1.25. The molecule has 0 atom stereocenters. The van der Waals surface area contributed by atoms with Crippen molar-refractivity contribution in [3.05, 3.63) is 34.7 Å². The zero-order valence-electron chi connectivity index (χ0n) is 9.23. The second kappa shape index (κ2) is 4.55. The second-order valence-corrected chi connectivity index (χ2v) is 3.80. The third-order valence-corrected chi connectivity index (χ3v) is 2.45. The summed E-state index contributed by atoms with van der Waals surface area (Å²) in [5, 5.41) is 7.94. The molecule has 0 saturated carbocycles. The molecule has 0 aliphatic rings. The first-order chi connectivity index (χ1) is 8.11. The lowest BCUT2D eigenvalue weighted by molar-refractivity contribution is 0.0556. The van der Waals surface area contributed by atoms with Gasteiger partial charge < -0.3 is 9.15 Å². The Bertz CT molecular complexity index is 566. The number of hydrogen-bond acceptors (Lipinski definition) is 5. The number of nitrogens with zero attached hydrogens (tertiary/aromatic N) is 2. The Kier molecular flexibility index (Phi) is 3.10. The second-order valence-electron chi connectivity index (χ2n) is 3.36. The Morgan fingerprint density at radius 3 is 2.88 bits per heavy atom. The van der Waals surface area contributed by atoms with Gasteiger partial charge in [-0.25, -0.2) is 4.79 Å². The summed E-state index contributed by atoms with van der Waals surface area (Å²) in [5.41, 5.74) is 1.62. The van der Waals surface area contributed by atoms with E-state index in [9.17, 15) is 4.79 Å². The molecule has 0 N–H and O–H groups in total. The van der Waals surface area contributed by atoms with Gasteiger partial charge in [0.1, 0.15) is 0 Å². The van der Waals surface area contributed by atoms with Gasteiger partial charge in [-0.3, -0.25) is 0 Å². The molecule has 0 radical (unpaired) electrons. The van der Waals surface area contributed by atoms with Crippen LogP contribution in [-0.2, 0) is 4.74 Å². The number of benzene rings is 1. The van der Waals surface area contributed by atoms with Gasteiger partial charge in [0.2, 0.25) is 5.89 Å². The summed E-state index contributed by atoms with van der Waals surface area (Å²) in [5.74, 6) is -0.601. The fourth-order valence-electron chi connectivity index (χ4n) is 1.33. The van der Waals surface area contributed by atoms with Gasteiger partial charge in [-0.05, 0) is 24.6 Å². The van der Waals surface area contributed by atoms with Crippen molar-refractivity contribution < 1.29 is 13.9 Å². The first kappa shape index (κ1) is 11.6. The summed E-state index contributed by atoms with van der Waals surface area (Å²) in [6.07, 6.45) is 0. The van der Waals surface area contributed by atoms with Crippen LogP contribution in [0, 0.1) is 6.92 Å². The molecule has 0 bridgehead atoms. The Balaban J connectivity index is 2.43. The predicted octanol–water partition coefficient (Wildman–Crippen LogP) is 2.49. The lowest BCUT2D eigenvalue weighted by atomic mass is 10.1. The predicted molar refractivity (Wildman–Crippen MR) is 60.8 cm³/mol. The van der Waals surface area contributed by atoms with Crippen LogP contribution in [0.1, 0.15) is 16.2 Å². The minimum Gasteiger partial charge on any atom is -0.462 e. The molecule has 2 aromatic rings. The van der Waals surface area contributed by atoms with Crippen molar-refractivity contribution in [2.75, 3.05) is 7.11 Å². The van der Waals surface area contributed by atoms with Gasteiger partial charge in [-0.1, -0.05) is 17.7 Å². The van der Waals surface area contributed by atoms with Crippen LogP contribution in [0.3, 0.4) is 0 Å². The first-order valence-corrected chi connectivity index (χ1v) is 5.18.